The lowest BCUT2D eigenvalue weighted by Gasteiger charge is -2.48. The van der Waals surface area contributed by atoms with Crippen molar-refractivity contribution in [3.8, 4) is 0 Å². The molecule has 1 atom stereocenters. The molecule has 146 valence electrons. The van der Waals surface area contributed by atoms with Crippen molar-refractivity contribution < 1.29 is 14.7 Å². The van der Waals surface area contributed by atoms with Crippen LogP contribution in [0.4, 0.5) is 0 Å². The summed E-state index contributed by atoms with van der Waals surface area (Å²) in [6, 6.07) is 2.06. The minimum Gasteiger partial charge on any atom is -0.393 e. The van der Waals surface area contributed by atoms with Gasteiger partial charge in [0.1, 0.15) is 5.54 Å². The van der Waals surface area contributed by atoms with E-state index in [0.29, 0.717) is 12.1 Å². The fourth-order valence-corrected chi connectivity index (χ4v) is 5.22. The third-order valence-electron chi connectivity index (χ3n) is 6.61. The monoisotopic (exact) mass is 371 g/mol. The van der Waals surface area contributed by atoms with Crippen LogP contribution in [0.3, 0.4) is 0 Å². The smallest absolute Gasteiger partial charge is 0.256 e. The van der Waals surface area contributed by atoms with Crippen LogP contribution in [-0.2, 0) is 4.79 Å². The standard InChI is InChI=1S/C21H29N3O3/c1-15-12-16(14-22-13-15)19(26)24-11-3-9-21(24)8-2-10-23(20(21)27)17-4-6-18(25)7-5-17/h12-14,17-18,25H,2-11H2,1H3. The summed E-state index contributed by atoms with van der Waals surface area (Å²) in [6.07, 6.45) is 9.67. The fourth-order valence-electron chi connectivity index (χ4n) is 5.22. The van der Waals surface area contributed by atoms with Crippen LogP contribution in [0.2, 0.25) is 0 Å². The number of aromatic nitrogens is 1. The van der Waals surface area contributed by atoms with Crippen molar-refractivity contribution in [1.29, 1.82) is 0 Å². The van der Waals surface area contributed by atoms with Crippen LogP contribution in [0.15, 0.2) is 18.5 Å². The molecule has 3 aliphatic rings. The second-order valence-electron chi connectivity index (χ2n) is 8.41. The number of carbonyl (C=O) groups is 2. The number of aryl methyl sites for hydroxylation is 1. The Labute approximate surface area is 160 Å². The predicted molar refractivity (Wildman–Crippen MR) is 101 cm³/mol. The molecule has 1 aromatic heterocycles. The summed E-state index contributed by atoms with van der Waals surface area (Å²) in [6.45, 7) is 3.33. The maximum atomic E-state index is 13.6. The Morgan fingerprint density at radius 2 is 1.85 bits per heavy atom. The van der Waals surface area contributed by atoms with Crippen molar-refractivity contribution in [1.82, 2.24) is 14.8 Å². The third kappa shape index (κ3) is 3.24. The molecule has 3 heterocycles. The zero-order chi connectivity index (χ0) is 19.0. The average molecular weight is 371 g/mol. The van der Waals surface area contributed by atoms with Crippen LogP contribution < -0.4 is 0 Å². The highest BCUT2D eigenvalue weighted by Gasteiger charge is 2.53. The minimum atomic E-state index is -0.685. The number of piperidine rings is 1. The molecule has 6 nitrogen and oxygen atoms in total. The zero-order valence-corrected chi connectivity index (χ0v) is 16.1. The first-order valence-electron chi connectivity index (χ1n) is 10.2. The zero-order valence-electron chi connectivity index (χ0n) is 16.1. The molecule has 6 heteroatoms. The van der Waals surface area contributed by atoms with Gasteiger partial charge in [-0.3, -0.25) is 14.6 Å². The summed E-state index contributed by atoms with van der Waals surface area (Å²) in [4.78, 5) is 34.8. The van der Waals surface area contributed by atoms with Crippen LogP contribution in [0.1, 0.15) is 67.3 Å². The first-order valence-corrected chi connectivity index (χ1v) is 10.2. The normalized spacial score (nSPS) is 31.6. The van der Waals surface area contributed by atoms with E-state index in [1.807, 2.05) is 22.8 Å². The molecule has 2 saturated heterocycles. The second-order valence-corrected chi connectivity index (χ2v) is 8.41. The molecule has 27 heavy (non-hydrogen) atoms. The molecule has 1 unspecified atom stereocenters. The maximum Gasteiger partial charge on any atom is 0.256 e. The number of carbonyl (C=O) groups excluding carboxylic acids is 2. The van der Waals surface area contributed by atoms with Gasteiger partial charge in [0.15, 0.2) is 0 Å². The predicted octanol–water partition coefficient (Wildman–Crippen LogP) is 2.29. The van der Waals surface area contributed by atoms with E-state index in [9.17, 15) is 14.7 Å². The first kappa shape index (κ1) is 18.4. The quantitative estimate of drug-likeness (QED) is 0.866. The minimum absolute atomic E-state index is 0.0713. The van der Waals surface area contributed by atoms with E-state index < -0.39 is 5.54 Å². The van der Waals surface area contributed by atoms with Gasteiger partial charge in [0.05, 0.1) is 11.7 Å². The molecule has 0 bridgehead atoms. The van der Waals surface area contributed by atoms with Crippen LogP contribution in [0.5, 0.6) is 0 Å². The number of hydrogen-bond acceptors (Lipinski definition) is 4. The molecule has 3 fully saturated rings. The molecule has 1 aromatic rings. The molecule has 0 radical (unpaired) electrons. The number of nitrogens with zero attached hydrogens (tertiary/aromatic N) is 3. The number of likely N-dealkylation sites (tertiary alicyclic amines) is 2. The number of pyridine rings is 1. The maximum absolute atomic E-state index is 13.6. The Balaban J connectivity index is 1.58. The topological polar surface area (TPSA) is 73.7 Å². The second kappa shape index (κ2) is 7.23. The van der Waals surface area contributed by atoms with Gasteiger partial charge >= 0.3 is 0 Å². The number of aliphatic hydroxyl groups is 1. The van der Waals surface area contributed by atoms with E-state index in [0.717, 1.165) is 63.5 Å². The highest BCUT2D eigenvalue weighted by molar-refractivity contribution is 6.00. The van der Waals surface area contributed by atoms with Gasteiger partial charge in [-0.05, 0) is 69.9 Å². The van der Waals surface area contributed by atoms with E-state index >= 15 is 0 Å². The molecule has 1 aliphatic carbocycles. The molecule has 1 saturated carbocycles. The Morgan fingerprint density at radius 1 is 1.15 bits per heavy atom. The van der Waals surface area contributed by atoms with Crippen LogP contribution in [0, 0.1) is 6.92 Å². The van der Waals surface area contributed by atoms with Gasteiger partial charge in [-0.25, -0.2) is 0 Å². The van der Waals surface area contributed by atoms with Gasteiger partial charge in [0, 0.05) is 31.5 Å². The Kier molecular flexibility index (Phi) is 4.93. The van der Waals surface area contributed by atoms with Gasteiger partial charge in [-0.2, -0.15) is 0 Å². The molecule has 2 amide bonds. The van der Waals surface area contributed by atoms with E-state index in [-0.39, 0.29) is 24.0 Å². The van der Waals surface area contributed by atoms with E-state index in [1.165, 1.54) is 0 Å². The van der Waals surface area contributed by atoms with Crippen molar-refractivity contribution in [2.24, 2.45) is 0 Å². The van der Waals surface area contributed by atoms with Gasteiger partial charge in [0.2, 0.25) is 5.91 Å². The van der Waals surface area contributed by atoms with Crippen molar-refractivity contribution in [2.75, 3.05) is 13.1 Å². The molecular weight excluding hydrogens is 342 g/mol. The number of aliphatic hydroxyl groups excluding tert-OH is 1. The van der Waals surface area contributed by atoms with Gasteiger partial charge in [-0.1, -0.05) is 0 Å². The number of hydrogen-bond donors (Lipinski definition) is 1. The Hall–Kier alpha value is -1.95. The highest BCUT2D eigenvalue weighted by atomic mass is 16.3. The third-order valence-corrected chi connectivity index (χ3v) is 6.61. The van der Waals surface area contributed by atoms with E-state index in [1.54, 1.807) is 12.4 Å². The summed E-state index contributed by atoms with van der Waals surface area (Å²) in [7, 11) is 0. The SMILES string of the molecule is Cc1cncc(C(=O)N2CCCC23CCCN(C2CCC(O)CC2)C3=O)c1. The van der Waals surface area contributed by atoms with Gasteiger partial charge < -0.3 is 14.9 Å². The van der Waals surface area contributed by atoms with Gasteiger partial charge in [0.25, 0.3) is 5.91 Å². The van der Waals surface area contributed by atoms with E-state index in [4.69, 9.17) is 0 Å². The lowest BCUT2D eigenvalue weighted by atomic mass is 9.82. The largest absolute Gasteiger partial charge is 0.393 e. The summed E-state index contributed by atoms with van der Waals surface area (Å²) in [5.74, 6) is 0.0552. The molecular formula is C21H29N3O3. The average Bonchev–Trinajstić information content (AvgIpc) is 3.09. The molecule has 2 aliphatic heterocycles. The summed E-state index contributed by atoms with van der Waals surface area (Å²) < 4.78 is 0. The highest BCUT2D eigenvalue weighted by Crippen LogP contribution is 2.41. The Morgan fingerprint density at radius 3 is 2.56 bits per heavy atom. The van der Waals surface area contributed by atoms with Gasteiger partial charge in [-0.15, -0.1) is 0 Å². The van der Waals surface area contributed by atoms with Crippen molar-refractivity contribution in [3.63, 3.8) is 0 Å². The lowest BCUT2D eigenvalue weighted by molar-refractivity contribution is -0.149. The molecule has 1 spiro atoms. The fraction of sp³-hybridized carbons (Fsp3) is 0.667. The number of rotatable bonds is 2. The summed E-state index contributed by atoms with van der Waals surface area (Å²) >= 11 is 0. The molecule has 0 aromatic carbocycles. The Bertz CT molecular complexity index is 729. The number of amides is 2. The van der Waals surface area contributed by atoms with Crippen molar-refractivity contribution in [2.45, 2.75) is 76.0 Å². The lowest BCUT2D eigenvalue weighted by Crippen LogP contribution is -2.63. The molecule has 1 N–H and O–H groups in total. The summed E-state index contributed by atoms with van der Waals surface area (Å²) in [5.41, 5.74) is 0.836. The first-order chi connectivity index (χ1) is 13.0. The van der Waals surface area contributed by atoms with Crippen molar-refractivity contribution >= 4 is 11.8 Å². The molecule has 4 rings (SSSR count). The van der Waals surface area contributed by atoms with Crippen LogP contribution in [0.25, 0.3) is 0 Å². The van der Waals surface area contributed by atoms with E-state index in [2.05, 4.69) is 4.98 Å². The summed E-state index contributed by atoms with van der Waals surface area (Å²) in [5, 5.41) is 9.80. The van der Waals surface area contributed by atoms with Crippen molar-refractivity contribution in [3.05, 3.63) is 29.6 Å². The van der Waals surface area contributed by atoms with Crippen LogP contribution >= 0.6 is 0 Å². The van der Waals surface area contributed by atoms with Crippen LogP contribution in [-0.4, -0.2) is 62.5 Å².